The summed E-state index contributed by atoms with van der Waals surface area (Å²) >= 11 is 1.35. The number of carbonyl (C=O) groups excluding carboxylic acids is 2. The monoisotopic (exact) mass is 633 g/mol. The molecule has 1 aromatic carbocycles. The van der Waals surface area contributed by atoms with E-state index in [4.69, 9.17) is 16.2 Å². The van der Waals surface area contributed by atoms with Crippen molar-refractivity contribution in [3.63, 3.8) is 0 Å². The first kappa shape index (κ1) is 29.4. The molecule has 3 aromatic heterocycles. The number of halogens is 1. The molecule has 2 saturated heterocycles. The maximum atomic E-state index is 14.7. The Bertz CT molecular complexity index is 1770. The average molecular weight is 634 g/mol. The minimum atomic E-state index is -0.839. The molecule has 0 radical (unpaired) electrons. The Labute approximate surface area is 263 Å². The minimum Gasteiger partial charge on any atom is -0.473 e. The van der Waals surface area contributed by atoms with E-state index in [2.05, 4.69) is 30.6 Å². The molecule has 2 amide bonds. The molecule has 45 heavy (non-hydrogen) atoms. The number of hydrogen-bond donors (Lipinski definition) is 4. The third-order valence-corrected chi connectivity index (χ3v) is 10.2. The molecule has 236 valence electrons. The highest BCUT2D eigenvalue weighted by atomic mass is 32.1. The van der Waals surface area contributed by atoms with E-state index in [-0.39, 0.29) is 29.4 Å². The Kier molecular flexibility index (Phi) is 7.78. The summed E-state index contributed by atoms with van der Waals surface area (Å²) in [6, 6.07) is 6.57. The first-order chi connectivity index (χ1) is 21.7. The van der Waals surface area contributed by atoms with Crippen LogP contribution in [0.3, 0.4) is 0 Å². The fourth-order valence-electron chi connectivity index (χ4n) is 7.09. The Balaban J connectivity index is 1.10. The quantitative estimate of drug-likeness (QED) is 0.239. The zero-order chi connectivity index (χ0) is 31.2. The van der Waals surface area contributed by atoms with Gasteiger partial charge in [0.1, 0.15) is 23.8 Å². The van der Waals surface area contributed by atoms with Gasteiger partial charge in [0.15, 0.2) is 10.7 Å². The topological polar surface area (TPSA) is 166 Å². The molecule has 4 aromatic rings. The Morgan fingerprint density at radius 1 is 1.20 bits per heavy atom. The lowest BCUT2D eigenvalue weighted by molar-refractivity contribution is 0.0909. The van der Waals surface area contributed by atoms with Gasteiger partial charge in [-0.3, -0.25) is 9.59 Å². The summed E-state index contributed by atoms with van der Waals surface area (Å²) in [5.74, 6) is -0.421. The van der Waals surface area contributed by atoms with Crippen molar-refractivity contribution in [2.75, 3.05) is 30.3 Å². The molecule has 0 unspecified atom stereocenters. The number of aromatic nitrogens is 4. The van der Waals surface area contributed by atoms with Crippen molar-refractivity contribution in [2.45, 2.75) is 63.6 Å². The molecular weight excluding hydrogens is 597 g/mol. The molecule has 3 fully saturated rings. The van der Waals surface area contributed by atoms with Crippen LogP contribution in [-0.4, -0.2) is 69.2 Å². The number of aryl methyl sites for hydroxylation is 1. The van der Waals surface area contributed by atoms with Crippen LogP contribution in [0.15, 0.2) is 30.6 Å². The van der Waals surface area contributed by atoms with Gasteiger partial charge >= 0.3 is 0 Å². The summed E-state index contributed by atoms with van der Waals surface area (Å²) < 4.78 is 22.7. The summed E-state index contributed by atoms with van der Waals surface area (Å²) in [6.07, 6.45) is 7.22. The lowest BCUT2D eigenvalue weighted by Gasteiger charge is -2.34. The van der Waals surface area contributed by atoms with Gasteiger partial charge in [0.05, 0.1) is 22.0 Å². The maximum Gasteiger partial charge on any atom is 0.267 e. The first-order valence-corrected chi connectivity index (χ1v) is 16.2. The van der Waals surface area contributed by atoms with Crippen molar-refractivity contribution < 1.29 is 18.7 Å². The molecule has 3 aliphatic rings. The number of primary amides is 1. The normalized spacial score (nSPS) is 23.2. The Morgan fingerprint density at radius 2 is 2.07 bits per heavy atom. The number of rotatable bonds is 7. The van der Waals surface area contributed by atoms with Crippen molar-refractivity contribution >= 4 is 40.2 Å². The van der Waals surface area contributed by atoms with E-state index in [0.717, 1.165) is 55.9 Å². The smallest absolute Gasteiger partial charge is 0.267 e. The number of nitrogens with two attached hydrogens (primary N) is 2. The van der Waals surface area contributed by atoms with E-state index >= 15 is 0 Å². The van der Waals surface area contributed by atoms with Gasteiger partial charge < -0.3 is 31.7 Å². The number of benzene rings is 1. The summed E-state index contributed by atoms with van der Waals surface area (Å²) in [4.78, 5) is 36.6. The Hall–Kier alpha value is -4.30. The highest BCUT2D eigenvalue weighted by molar-refractivity contribution is 7.13. The van der Waals surface area contributed by atoms with Gasteiger partial charge in [-0.1, -0.05) is 6.07 Å². The van der Waals surface area contributed by atoms with E-state index in [9.17, 15) is 14.0 Å². The van der Waals surface area contributed by atoms with Crippen LogP contribution in [0, 0.1) is 18.7 Å². The van der Waals surface area contributed by atoms with Gasteiger partial charge in [0.25, 0.3) is 11.8 Å². The lowest BCUT2D eigenvalue weighted by Crippen LogP contribution is -2.47. The number of nitrogens with one attached hydrogen (secondary N) is 2. The summed E-state index contributed by atoms with van der Waals surface area (Å²) in [5.41, 5.74) is 13.9. The second-order valence-corrected chi connectivity index (χ2v) is 13.4. The largest absolute Gasteiger partial charge is 0.473 e. The zero-order valence-electron chi connectivity index (χ0n) is 25.0. The second kappa shape index (κ2) is 11.9. The molecule has 14 heteroatoms. The summed E-state index contributed by atoms with van der Waals surface area (Å²) in [5, 5.41) is 12.0. The predicted molar refractivity (Wildman–Crippen MR) is 169 cm³/mol. The molecule has 0 spiro atoms. The number of nitrogens with zero attached hydrogens (tertiary/aromatic N) is 5. The van der Waals surface area contributed by atoms with Crippen LogP contribution < -0.4 is 31.7 Å². The van der Waals surface area contributed by atoms with Crippen LogP contribution in [0.2, 0.25) is 0 Å². The number of fused-ring (bicyclic) bond motifs is 2. The molecule has 5 heterocycles. The van der Waals surface area contributed by atoms with E-state index in [1.54, 1.807) is 10.6 Å². The fourth-order valence-corrected chi connectivity index (χ4v) is 7.85. The first-order valence-electron chi connectivity index (χ1n) is 15.4. The van der Waals surface area contributed by atoms with Crippen LogP contribution in [0.25, 0.3) is 16.8 Å². The standard InChI is InChI=1S/C31H36FN9O3S/c1-16-38-31(44-20-5-7-23-17(11-20)8-9-35-23)27(45-16)30(43)39-19-3-2-10-40(14-19)25-13-24(41-26(25)28(33)36-15-37-41)18-4-6-21(29(34)42)22(32)12-18/h4,6,12-13,15,17,19-20,23,35H,2-3,5,7-11,14H2,1H3,(H2,34,42)(H,39,43)(H2,33,36,37)/t17-,19-,20-,23+/m1/s1. The summed E-state index contributed by atoms with van der Waals surface area (Å²) in [7, 11) is 0. The number of carbonyl (C=O) groups is 2. The van der Waals surface area contributed by atoms with Crippen molar-refractivity contribution in [1.82, 2.24) is 30.2 Å². The third-order valence-electron chi connectivity index (χ3n) is 9.23. The van der Waals surface area contributed by atoms with Crippen molar-refractivity contribution in [3.8, 4) is 17.1 Å². The van der Waals surface area contributed by atoms with E-state index in [1.165, 1.54) is 36.2 Å². The highest BCUT2D eigenvalue weighted by Crippen LogP contribution is 2.37. The molecule has 7 rings (SSSR count). The van der Waals surface area contributed by atoms with Crippen LogP contribution >= 0.6 is 11.3 Å². The van der Waals surface area contributed by atoms with Gasteiger partial charge in [0.2, 0.25) is 5.88 Å². The lowest BCUT2D eigenvalue weighted by atomic mass is 9.84. The zero-order valence-corrected chi connectivity index (χ0v) is 25.8. The molecule has 4 atom stereocenters. The van der Waals surface area contributed by atoms with Crippen molar-refractivity contribution in [2.24, 2.45) is 11.7 Å². The molecule has 1 saturated carbocycles. The number of anilines is 2. The number of thiazole rings is 1. The van der Waals surface area contributed by atoms with Crippen LogP contribution in [0.4, 0.5) is 15.9 Å². The van der Waals surface area contributed by atoms with Crippen LogP contribution in [-0.2, 0) is 0 Å². The second-order valence-electron chi connectivity index (χ2n) is 12.2. The predicted octanol–water partition coefficient (Wildman–Crippen LogP) is 3.29. The summed E-state index contributed by atoms with van der Waals surface area (Å²) in [6.45, 7) is 4.21. The highest BCUT2D eigenvalue weighted by Gasteiger charge is 2.36. The van der Waals surface area contributed by atoms with E-state index in [0.29, 0.717) is 46.0 Å². The van der Waals surface area contributed by atoms with E-state index in [1.807, 2.05) is 13.0 Å². The maximum absolute atomic E-state index is 14.7. The van der Waals surface area contributed by atoms with Gasteiger partial charge in [-0.05, 0) is 76.1 Å². The Morgan fingerprint density at radius 3 is 2.89 bits per heavy atom. The molecule has 0 bridgehead atoms. The molecule has 2 aliphatic heterocycles. The van der Waals surface area contributed by atoms with Gasteiger partial charge in [0, 0.05) is 30.7 Å². The molecule has 6 N–H and O–H groups in total. The minimum absolute atomic E-state index is 0.0647. The van der Waals surface area contributed by atoms with Crippen molar-refractivity contribution in [1.29, 1.82) is 0 Å². The van der Waals surface area contributed by atoms with E-state index < -0.39 is 11.7 Å². The molecule has 1 aliphatic carbocycles. The average Bonchev–Trinajstić information content (AvgIpc) is 3.74. The van der Waals surface area contributed by atoms with Gasteiger partial charge in [-0.15, -0.1) is 11.3 Å². The van der Waals surface area contributed by atoms with Gasteiger partial charge in [-0.25, -0.2) is 18.9 Å². The molecule has 12 nitrogen and oxygen atoms in total. The SMILES string of the molecule is Cc1nc(O[C@@H]2CC[C@@H]3NCC[C@@H]3C2)c(C(=O)N[C@@H]2CCCN(c3cc(-c4ccc(C(N)=O)c(F)c4)n4ncnc(N)c34)C2)s1. The number of hydrogen-bond acceptors (Lipinski definition) is 10. The van der Waals surface area contributed by atoms with Crippen molar-refractivity contribution in [3.05, 3.63) is 51.9 Å². The number of ether oxygens (including phenoxy) is 1. The molecular formula is C31H36FN9O3S. The number of piperidine rings is 1. The van der Waals surface area contributed by atoms with Gasteiger partial charge in [-0.2, -0.15) is 5.10 Å². The van der Waals surface area contributed by atoms with Crippen LogP contribution in [0.5, 0.6) is 5.88 Å². The third kappa shape index (κ3) is 5.68. The number of nitrogen functional groups attached to an aromatic ring is 1. The number of amides is 2. The van der Waals surface area contributed by atoms with Crippen LogP contribution in [0.1, 0.15) is 63.6 Å². The fraction of sp³-hybridized carbons (Fsp3) is 0.452.